The number of urea groups is 1. The van der Waals surface area contributed by atoms with E-state index in [0.717, 1.165) is 12.1 Å². The molecule has 2 atom stereocenters. The lowest BCUT2D eigenvalue weighted by Gasteiger charge is -2.35. The van der Waals surface area contributed by atoms with Crippen LogP contribution in [0.15, 0.2) is 59.2 Å². The molecular weight excluding hydrogens is 529 g/mol. The van der Waals surface area contributed by atoms with Crippen molar-refractivity contribution in [1.82, 2.24) is 15.3 Å². The van der Waals surface area contributed by atoms with E-state index in [4.69, 9.17) is 9.84 Å². The molecule has 1 aromatic carbocycles. The topological polar surface area (TPSA) is 123 Å². The fourth-order valence-electron chi connectivity index (χ4n) is 4.40. The van der Waals surface area contributed by atoms with E-state index in [1.165, 1.54) is 23.2 Å². The van der Waals surface area contributed by atoms with Gasteiger partial charge in [-0.2, -0.15) is 13.2 Å². The number of fused-ring (bicyclic) bond motifs is 4. The van der Waals surface area contributed by atoms with Crippen LogP contribution in [-0.4, -0.2) is 70.9 Å². The lowest BCUT2D eigenvalue weighted by Crippen LogP contribution is -2.50. The summed E-state index contributed by atoms with van der Waals surface area (Å²) in [7, 11) is 0. The molecule has 40 heavy (non-hydrogen) atoms. The van der Waals surface area contributed by atoms with E-state index in [9.17, 15) is 23.1 Å². The summed E-state index contributed by atoms with van der Waals surface area (Å²) in [6.45, 7) is 4.33. The van der Waals surface area contributed by atoms with Gasteiger partial charge in [0.25, 0.3) is 0 Å². The highest BCUT2D eigenvalue weighted by Gasteiger charge is 2.41. The summed E-state index contributed by atoms with van der Waals surface area (Å²) in [4.78, 5) is 30.1. The predicted octanol–water partition coefficient (Wildman–Crippen LogP) is 3.87. The van der Waals surface area contributed by atoms with E-state index in [1.54, 1.807) is 25.3 Å². The van der Waals surface area contributed by atoms with E-state index in [2.05, 4.69) is 25.2 Å². The third-order valence-electron chi connectivity index (χ3n) is 6.36. The first-order chi connectivity index (χ1) is 19.1. The van der Waals surface area contributed by atoms with Crippen LogP contribution in [0.25, 0.3) is 11.4 Å². The number of nitrogens with zero attached hydrogens (tertiary/aromatic N) is 5. The van der Waals surface area contributed by atoms with Gasteiger partial charge in [-0.05, 0) is 44.1 Å². The van der Waals surface area contributed by atoms with Gasteiger partial charge in [0.2, 0.25) is 5.88 Å². The maximum absolute atomic E-state index is 13.4. The normalized spacial score (nSPS) is 18.2. The van der Waals surface area contributed by atoms with Crippen molar-refractivity contribution in [2.75, 3.05) is 36.1 Å². The van der Waals surface area contributed by atoms with E-state index < -0.39 is 30.5 Å². The van der Waals surface area contributed by atoms with Gasteiger partial charge in [-0.1, -0.05) is 19.1 Å². The van der Waals surface area contributed by atoms with E-state index in [1.807, 2.05) is 6.92 Å². The van der Waals surface area contributed by atoms with Crippen LogP contribution in [-0.2, 0) is 10.9 Å². The smallest absolute Gasteiger partial charge is 0.416 e. The summed E-state index contributed by atoms with van der Waals surface area (Å²) >= 11 is 0. The molecule has 1 saturated heterocycles. The Morgan fingerprint density at radius 1 is 1.38 bits per heavy atom. The Kier molecular flexibility index (Phi) is 9.05. The number of aliphatic hydroxyl groups excluding tert-OH is 2. The zero-order valence-electron chi connectivity index (χ0n) is 22.1. The average molecular weight is 561 g/mol. The Morgan fingerprint density at radius 3 is 2.90 bits per heavy atom. The van der Waals surface area contributed by atoms with E-state index in [-0.39, 0.29) is 29.9 Å². The molecule has 3 heterocycles. The number of hydrogen-bond acceptors (Lipinski definition) is 8. The zero-order valence-corrected chi connectivity index (χ0v) is 22.1. The fourth-order valence-corrected chi connectivity index (χ4v) is 4.40. The van der Waals surface area contributed by atoms with Crippen molar-refractivity contribution in [3.05, 3.63) is 59.8 Å². The second-order valence-electron chi connectivity index (χ2n) is 9.40. The molecule has 10 nitrogen and oxygen atoms in total. The van der Waals surface area contributed by atoms with Crippen LogP contribution in [0.2, 0.25) is 0 Å². The Morgan fingerprint density at radius 2 is 2.17 bits per heavy atom. The summed E-state index contributed by atoms with van der Waals surface area (Å²) in [6.07, 6.45) is 2.08. The maximum Gasteiger partial charge on any atom is 0.416 e. The van der Waals surface area contributed by atoms with Gasteiger partial charge < -0.3 is 25.2 Å². The van der Waals surface area contributed by atoms with Gasteiger partial charge in [-0.3, -0.25) is 4.90 Å². The van der Waals surface area contributed by atoms with Gasteiger partial charge >= 0.3 is 12.2 Å². The molecule has 0 spiro atoms. The van der Waals surface area contributed by atoms with Gasteiger partial charge in [0, 0.05) is 30.6 Å². The second-order valence-corrected chi connectivity index (χ2v) is 9.40. The highest BCUT2D eigenvalue weighted by Crippen LogP contribution is 2.39. The van der Waals surface area contributed by atoms with E-state index in [0.29, 0.717) is 43.1 Å². The van der Waals surface area contributed by atoms with Gasteiger partial charge in [0.05, 0.1) is 30.1 Å². The summed E-state index contributed by atoms with van der Waals surface area (Å²) < 4.78 is 45.2. The predicted molar refractivity (Wildman–Crippen MR) is 144 cm³/mol. The molecule has 2 aromatic rings. The summed E-state index contributed by atoms with van der Waals surface area (Å²) in [5.41, 5.74) is 0.510. The van der Waals surface area contributed by atoms with Crippen LogP contribution in [0.4, 0.5) is 29.5 Å². The molecule has 214 valence electrons. The summed E-state index contributed by atoms with van der Waals surface area (Å²) in [5.74, 6) is 0.686. The van der Waals surface area contributed by atoms with Crippen LogP contribution >= 0.6 is 0 Å². The SMILES string of the molecule is CC/C=C(/N=C\C=C(/C)NC(=O)N1c2nc(-c3cccc(C(F)(F)F)c3)ncc2N2CCC1C2)OCC(O)CO. The van der Waals surface area contributed by atoms with Crippen LogP contribution in [0.5, 0.6) is 0 Å². The average Bonchev–Trinajstić information content (AvgIpc) is 3.34. The van der Waals surface area contributed by atoms with Crippen molar-refractivity contribution in [1.29, 1.82) is 0 Å². The lowest BCUT2D eigenvalue weighted by molar-refractivity contribution is -0.137. The molecule has 1 aromatic heterocycles. The number of aliphatic imine (C=N–C) groups is 1. The first kappa shape index (κ1) is 29.0. The summed E-state index contributed by atoms with van der Waals surface area (Å²) in [5, 5.41) is 21.2. The molecule has 0 aliphatic carbocycles. The number of halogens is 3. The molecule has 2 unspecified atom stereocenters. The number of benzene rings is 1. The number of ether oxygens (including phenoxy) is 1. The van der Waals surface area contributed by atoms with Crippen molar-refractivity contribution >= 4 is 23.8 Å². The van der Waals surface area contributed by atoms with Crippen LogP contribution in [0, 0.1) is 0 Å². The molecule has 0 saturated carbocycles. The van der Waals surface area contributed by atoms with Gasteiger partial charge in [-0.25, -0.2) is 19.8 Å². The molecule has 2 amide bonds. The number of hydrogen-bond donors (Lipinski definition) is 3. The van der Waals surface area contributed by atoms with Crippen molar-refractivity contribution in [2.45, 2.75) is 45.0 Å². The standard InChI is InChI=1S/C27H31F3N6O4/c1-3-5-23(40-16-21(38)15-37)31-10-8-17(2)33-26(39)36-20-9-11-35(14-20)22-13-32-24(34-25(22)36)18-6-4-7-19(12-18)27(28,29)30/h4-8,10,12-13,20-21,37-38H,3,9,11,14-16H2,1-2H3,(H,33,39)/b17-8+,23-5-,31-10-. The maximum atomic E-state index is 13.4. The van der Waals surface area contributed by atoms with Crippen molar-refractivity contribution in [2.24, 2.45) is 4.99 Å². The highest BCUT2D eigenvalue weighted by atomic mass is 19.4. The molecule has 2 aliphatic rings. The molecule has 2 aliphatic heterocycles. The van der Waals surface area contributed by atoms with Crippen LogP contribution in [0.1, 0.15) is 32.3 Å². The highest BCUT2D eigenvalue weighted by molar-refractivity contribution is 5.98. The number of aromatic nitrogens is 2. The molecule has 13 heteroatoms. The molecular formula is C27H31F3N6O4. The van der Waals surface area contributed by atoms with Crippen molar-refractivity contribution in [3.8, 4) is 11.4 Å². The number of rotatable bonds is 9. The minimum absolute atomic E-state index is 0.0890. The fraction of sp³-hybridized carbons (Fsp3) is 0.407. The number of anilines is 2. The number of nitrogens with one attached hydrogen (secondary N) is 1. The first-order valence-corrected chi connectivity index (χ1v) is 12.8. The monoisotopic (exact) mass is 560 g/mol. The number of allylic oxidation sites excluding steroid dienone is 3. The number of alkyl halides is 3. The molecule has 1 fully saturated rings. The van der Waals surface area contributed by atoms with Gasteiger partial charge in [0.15, 0.2) is 11.6 Å². The van der Waals surface area contributed by atoms with Crippen LogP contribution < -0.4 is 15.1 Å². The largest absolute Gasteiger partial charge is 0.475 e. The molecule has 3 N–H and O–H groups in total. The Bertz CT molecular complexity index is 1310. The number of carbonyl (C=O) groups excluding carboxylic acids is 1. The number of aliphatic hydroxyl groups is 2. The van der Waals surface area contributed by atoms with Crippen molar-refractivity contribution in [3.63, 3.8) is 0 Å². The van der Waals surface area contributed by atoms with E-state index >= 15 is 0 Å². The van der Waals surface area contributed by atoms with Crippen LogP contribution in [0.3, 0.4) is 0 Å². The quantitative estimate of drug-likeness (QED) is 0.314. The summed E-state index contributed by atoms with van der Waals surface area (Å²) in [6, 6.07) is 4.18. The first-order valence-electron chi connectivity index (χ1n) is 12.8. The third-order valence-corrected chi connectivity index (χ3v) is 6.36. The number of carbonyl (C=O) groups is 1. The Hall–Kier alpha value is -3.97. The minimum atomic E-state index is -4.51. The Labute approximate surface area is 229 Å². The van der Waals surface area contributed by atoms with Gasteiger partial charge in [-0.15, -0.1) is 0 Å². The number of amides is 2. The van der Waals surface area contributed by atoms with Crippen molar-refractivity contribution < 1.29 is 32.9 Å². The van der Waals surface area contributed by atoms with Gasteiger partial charge in [0.1, 0.15) is 12.7 Å². The second kappa shape index (κ2) is 12.5. The molecule has 2 bridgehead atoms. The molecule has 4 rings (SSSR count). The zero-order chi connectivity index (χ0) is 28.9. The minimum Gasteiger partial charge on any atom is -0.475 e. The third kappa shape index (κ3) is 6.77. The Balaban J connectivity index is 1.54. The lowest BCUT2D eigenvalue weighted by atomic mass is 10.1. The molecule has 0 radical (unpaired) electrons.